The summed E-state index contributed by atoms with van der Waals surface area (Å²) in [7, 11) is -3.48. The van der Waals surface area contributed by atoms with Crippen LogP contribution in [-0.4, -0.2) is 48.3 Å². The molecule has 0 aromatic carbocycles. The summed E-state index contributed by atoms with van der Waals surface area (Å²) in [5, 5.41) is 2.51. The van der Waals surface area contributed by atoms with E-state index in [1.807, 2.05) is 0 Å². The third-order valence-electron chi connectivity index (χ3n) is 4.39. The minimum Gasteiger partial charge on any atom is -0.373 e. The average Bonchev–Trinajstić information content (AvgIpc) is 3.13. The first kappa shape index (κ1) is 19.7. The predicted octanol–water partition coefficient (Wildman–Crippen LogP) is 0.355. The van der Waals surface area contributed by atoms with E-state index in [1.54, 1.807) is 29.8 Å². The average molecular weight is 400 g/mol. The number of imidazole rings is 1. The molecule has 7 nitrogen and oxygen atoms in total. The van der Waals surface area contributed by atoms with E-state index < -0.39 is 35.0 Å². The van der Waals surface area contributed by atoms with Crippen LogP contribution in [0.3, 0.4) is 0 Å². The Hall–Kier alpha value is -2.04. The van der Waals surface area contributed by atoms with Crippen molar-refractivity contribution in [1.82, 2.24) is 19.3 Å². The van der Waals surface area contributed by atoms with Crippen molar-refractivity contribution >= 4 is 22.7 Å². The van der Waals surface area contributed by atoms with Crippen LogP contribution >= 0.6 is 0 Å². The number of aromatic amines is 1. The Morgan fingerprint density at radius 3 is 2.85 bits per heavy atom. The van der Waals surface area contributed by atoms with Gasteiger partial charge in [-0.1, -0.05) is 12.7 Å². The van der Waals surface area contributed by atoms with Crippen LogP contribution in [0.1, 0.15) is 25.2 Å². The monoisotopic (exact) mass is 400 g/mol. The smallest absolute Gasteiger partial charge is 0.273 e. The number of hydrogen-bond donors (Lipinski definition) is 2. The number of sulfonamides is 1. The van der Waals surface area contributed by atoms with Crippen LogP contribution in [0.4, 0.5) is 8.78 Å². The molecule has 0 radical (unpaired) electrons. The molecule has 1 aliphatic heterocycles. The molecule has 1 aliphatic rings. The first-order valence-electron chi connectivity index (χ1n) is 8.41. The highest BCUT2D eigenvalue weighted by Crippen LogP contribution is 2.32. The van der Waals surface area contributed by atoms with Gasteiger partial charge in [0.15, 0.2) is 0 Å². The number of aromatic nitrogens is 3. The van der Waals surface area contributed by atoms with Crippen molar-refractivity contribution in [2.45, 2.75) is 31.9 Å². The molecule has 3 heterocycles. The van der Waals surface area contributed by atoms with Gasteiger partial charge >= 0.3 is 0 Å². The summed E-state index contributed by atoms with van der Waals surface area (Å²) in [5.74, 6) is -2.62. The van der Waals surface area contributed by atoms with Gasteiger partial charge in [-0.15, -0.1) is 0 Å². The lowest BCUT2D eigenvalue weighted by molar-refractivity contribution is -0.132. The largest absolute Gasteiger partial charge is 0.373 e. The van der Waals surface area contributed by atoms with Gasteiger partial charge in [-0.2, -0.15) is 0 Å². The van der Waals surface area contributed by atoms with Gasteiger partial charge in [0.25, 0.3) is 5.92 Å². The third kappa shape index (κ3) is 4.28. The maximum atomic E-state index is 14.0. The van der Waals surface area contributed by atoms with E-state index >= 15 is 0 Å². The first-order chi connectivity index (χ1) is 12.6. The van der Waals surface area contributed by atoms with Crippen LogP contribution in [0.15, 0.2) is 12.3 Å². The number of hydrogen-bond acceptors (Lipinski definition) is 4. The minimum atomic E-state index is -3.48. The summed E-state index contributed by atoms with van der Waals surface area (Å²) in [4.78, 5) is 7.46. The third-order valence-corrected chi connectivity index (χ3v) is 5.06. The number of H-pyrrole nitrogens is 1. The van der Waals surface area contributed by atoms with Gasteiger partial charge in [-0.25, -0.2) is 26.9 Å². The first-order valence-corrected chi connectivity index (χ1v) is 10.3. The Morgan fingerprint density at radius 2 is 2.30 bits per heavy atom. The van der Waals surface area contributed by atoms with Gasteiger partial charge in [-0.3, -0.25) is 0 Å². The molecule has 0 amide bonds. The lowest BCUT2D eigenvalue weighted by Gasteiger charge is -2.31. The second-order valence-corrected chi connectivity index (χ2v) is 8.45. The Morgan fingerprint density at radius 1 is 1.56 bits per heavy atom. The van der Waals surface area contributed by atoms with Crippen molar-refractivity contribution < 1.29 is 21.9 Å². The van der Waals surface area contributed by atoms with Gasteiger partial charge < -0.3 is 14.3 Å². The zero-order chi connectivity index (χ0) is 19.8. The van der Waals surface area contributed by atoms with Gasteiger partial charge in [-0.05, 0) is 13.0 Å². The molecule has 2 N–H and O–H groups in total. The van der Waals surface area contributed by atoms with Crippen molar-refractivity contribution in [2.75, 3.05) is 19.5 Å². The molecule has 0 aliphatic carbocycles. The van der Waals surface area contributed by atoms with Crippen molar-refractivity contribution in [3.63, 3.8) is 0 Å². The molecule has 2 aromatic heterocycles. The number of nitrogens with zero attached hydrogens (tertiary/aromatic N) is 2. The highest BCUT2D eigenvalue weighted by Gasteiger charge is 2.39. The van der Waals surface area contributed by atoms with Crippen LogP contribution in [0.25, 0.3) is 12.7 Å². The molecule has 2 aromatic rings. The van der Waals surface area contributed by atoms with Gasteiger partial charge in [0, 0.05) is 23.2 Å². The van der Waals surface area contributed by atoms with Crippen LogP contribution in [0.2, 0.25) is 0 Å². The maximum absolute atomic E-state index is 14.0. The summed E-state index contributed by atoms with van der Waals surface area (Å²) in [6.07, 6.45) is 4.08. The van der Waals surface area contributed by atoms with Crippen molar-refractivity contribution in [2.24, 2.45) is 0 Å². The van der Waals surface area contributed by atoms with Crippen LogP contribution < -0.4 is 15.4 Å². The molecule has 0 saturated carbocycles. The van der Waals surface area contributed by atoms with Crippen LogP contribution in [0, 0.1) is 10.6 Å². The fraction of sp³-hybridized carbons (Fsp3) is 0.471. The fourth-order valence-corrected chi connectivity index (χ4v) is 3.67. The molecule has 148 valence electrons. The number of rotatable bonds is 4. The molecule has 0 spiro atoms. The van der Waals surface area contributed by atoms with E-state index in [0.29, 0.717) is 21.9 Å². The number of alkyl halides is 2. The SMILES string of the molecule is C=c1[nH]cc/c1=c1/c(=C\C)nc(CNS(C)(=O)=O)n1C1COCC(F)(F)C1. The highest BCUT2D eigenvalue weighted by molar-refractivity contribution is 7.88. The van der Waals surface area contributed by atoms with E-state index in [4.69, 9.17) is 4.74 Å². The highest BCUT2D eigenvalue weighted by atomic mass is 32.2. The standard InChI is InChI=1S/C17H22F2N4O3S/c1-4-14-16(13-5-6-20-11(13)2)23(12-7-17(18,19)10-26-9-12)15(22-14)8-21-27(3,24)25/h4-6,12,20-21H,2,7-10H2,1,3H3/b14-4+,16-13+. The molecule has 1 atom stereocenters. The Kier molecular flexibility index (Phi) is 5.24. The molecule has 1 unspecified atom stereocenters. The van der Waals surface area contributed by atoms with Crippen molar-refractivity contribution in [1.29, 1.82) is 0 Å². The predicted molar refractivity (Wildman–Crippen MR) is 96.7 cm³/mol. The second kappa shape index (κ2) is 7.17. The summed E-state index contributed by atoms with van der Waals surface area (Å²) < 4.78 is 60.2. The quantitative estimate of drug-likeness (QED) is 0.776. The summed E-state index contributed by atoms with van der Waals surface area (Å²) >= 11 is 0. The maximum Gasteiger partial charge on any atom is 0.273 e. The Balaban J connectivity index is 2.30. The number of halogens is 2. The molecule has 3 rings (SSSR count). The number of nitrogens with one attached hydrogen (secondary N) is 2. The normalized spacial score (nSPS) is 22.2. The lowest BCUT2D eigenvalue weighted by atomic mass is 10.1. The van der Waals surface area contributed by atoms with Crippen LogP contribution in [0.5, 0.6) is 0 Å². The molecule has 0 bridgehead atoms. The van der Waals surface area contributed by atoms with E-state index in [2.05, 4.69) is 21.3 Å². The van der Waals surface area contributed by atoms with E-state index in [1.165, 1.54) is 0 Å². The van der Waals surface area contributed by atoms with E-state index in [0.717, 1.165) is 11.5 Å². The summed E-state index contributed by atoms with van der Waals surface area (Å²) in [5.41, 5.74) is 0. The van der Waals surface area contributed by atoms with Gasteiger partial charge in [0.2, 0.25) is 10.0 Å². The molecule has 27 heavy (non-hydrogen) atoms. The Bertz CT molecular complexity index is 1140. The zero-order valence-corrected chi connectivity index (χ0v) is 15.9. The van der Waals surface area contributed by atoms with Crippen LogP contribution in [-0.2, 0) is 21.3 Å². The van der Waals surface area contributed by atoms with Gasteiger partial charge in [0.1, 0.15) is 12.4 Å². The Labute approximate surface area is 155 Å². The fourth-order valence-electron chi connectivity index (χ4n) is 3.28. The van der Waals surface area contributed by atoms with Crippen molar-refractivity contribution in [3.05, 3.63) is 39.4 Å². The summed E-state index contributed by atoms with van der Waals surface area (Å²) in [6.45, 7) is 5.08. The molecule has 10 heteroatoms. The van der Waals surface area contributed by atoms with E-state index in [9.17, 15) is 17.2 Å². The van der Waals surface area contributed by atoms with E-state index in [-0.39, 0.29) is 13.2 Å². The van der Waals surface area contributed by atoms with Gasteiger partial charge in [0.05, 0.1) is 36.1 Å². The number of ether oxygens (including phenoxy) is 1. The molecule has 1 fully saturated rings. The summed E-state index contributed by atoms with van der Waals surface area (Å²) in [6, 6.07) is 1.11. The minimum absolute atomic E-state index is 0.0882. The zero-order valence-electron chi connectivity index (χ0n) is 15.1. The molecular formula is C17H22F2N4O3S. The second-order valence-electron chi connectivity index (χ2n) is 6.61. The molecular weight excluding hydrogens is 378 g/mol. The lowest BCUT2D eigenvalue weighted by Crippen LogP contribution is -2.37. The van der Waals surface area contributed by atoms with Crippen molar-refractivity contribution in [3.8, 4) is 0 Å². The molecule has 1 saturated heterocycles. The topological polar surface area (TPSA) is 89.0 Å².